The molecule has 1 unspecified atom stereocenters. The normalized spacial score (nSPS) is 12.1. The molecule has 3 N–H and O–H groups in total. The Bertz CT molecular complexity index is 2090. The Balaban J connectivity index is 1.14. The number of hydrogen-bond acceptors (Lipinski definition) is 11. The molecule has 0 bridgehead atoms. The molecular formula is C37H36N8O2S. The van der Waals surface area contributed by atoms with E-state index in [1.54, 1.807) is 6.92 Å². The van der Waals surface area contributed by atoms with E-state index in [0.717, 1.165) is 56.4 Å². The van der Waals surface area contributed by atoms with Gasteiger partial charge in [0.15, 0.2) is 0 Å². The van der Waals surface area contributed by atoms with Gasteiger partial charge in [0, 0.05) is 38.7 Å². The van der Waals surface area contributed by atoms with Gasteiger partial charge in [0.1, 0.15) is 0 Å². The highest BCUT2D eigenvalue weighted by atomic mass is 32.1. The zero-order valence-corrected chi connectivity index (χ0v) is 27.8. The average molecular weight is 657 g/mol. The Hall–Kier alpha value is -5.68. The van der Waals surface area contributed by atoms with Gasteiger partial charge in [-0.2, -0.15) is 5.11 Å². The summed E-state index contributed by atoms with van der Waals surface area (Å²) >= 11 is 1.40. The largest absolute Gasteiger partial charge is 0.466 e. The molecule has 6 aromatic rings. The van der Waals surface area contributed by atoms with E-state index in [0.29, 0.717) is 29.2 Å². The molecule has 1 atom stereocenters. The van der Waals surface area contributed by atoms with E-state index in [1.165, 1.54) is 11.3 Å². The number of nitrogens with one attached hydrogen (secondary N) is 3. The van der Waals surface area contributed by atoms with Crippen molar-refractivity contribution in [3.05, 3.63) is 108 Å². The van der Waals surface area contributed by atoms with Crippen LogP contribution in [-0.2, 0) is 16.0 Å². The van der Waals surface area contributed by atoms with E-state index >= 15 is 0 Å². The predicted molar refractivity (Wildman–Crippen MR) is 196 cm³/mol. The van der Waals surface area contributed by atoms with E-state index < -0.39 is 0 Å². The number of esters is 1. The van der Waals surface area contributed by atoms with Gasteiger partial charge in [-0.1, -0.05) is 55.5 Å². The molecule has 0 saturated heterocycles. The maximum absolute atomic E-state index is 11.7. The van der Waals surface area contributed by atoms with Crippen molar-refractivity contribution in [2.45, 2.75) is 39.7 Å². The minimum absolute atomic E-state index is 0.149. The highest BCUT2D eigenvalue weighted by Crippen LogP contribution is 2.37. The van der Waals surface area contributed by atoms with Crippen molar-refractivity contribution in [3.8, 4) is 0 Å². The summed E-state index contributed by atoms with van der Waals surface area (Å²) in [7, 11) is 0. The second-order valence-electron chi connectivity index (χ2n) is 11.1. The van der Waals surface area contributed by atoms with Gasteiger partial charge >= 0.3 is 5.97 Å². The number of azo groups is 2. The van der Waals surface area contributed by atoms with Gasteiger partial charge in [0.05, 0.1) is 47.2 Å². The zero-order chi connectivity index (χ0) is 33.3. The van der Waals surface area contributed by atoms with Gasteiger partial charge in [-0.25, -0.2) is 4.98 Å². The lowest BCUT2D eigenvalue weighted by atomic mass is 10.1. The van der Waals surface area contributed by atoms with Gasteiger partial charge in [-0.3, -0.25) is 15.6 Å². The topological polar surface area (TPSA) is 125 Å². The summed E-state index contributed by atoms with van der Waals surface area (Å²) in [4.78, 5) is 16.1. The summed E-state index contributed by atoms with van der Waals surface area (Å²) < 4.78 is 4.98. The number of benzene rings is 5. The van der Waals surface area contributed by atoms with Crippen LogP contribution < -0.4 is 16.2 Å². The standard InChI is InChI=1S/C37H36N8O2S/c1-4-24(3)38-32-18-19-34(29-11-7-6-10-28(29)32)43-44-35-21-20-33(30-12-8-9-13-31(30)35)42-40-25-14-16-26(17-15-25)41-45-37-39-27(23-48-37)22-36(46)47-5-2/h6-21,23-24,38,41H,4-5,22H2,1-3H3,(H,39,45). The van der Waals surface area contributed by atoms with Crippen molar-refractivity contribution in [2.24, 2.45) is 20.5 Å². The Kier molecular flexibility index (Phi) is 10.3. The minimum atomic E-state index is -0.290. The Labute approximate surface area is 283 Å². The number of hydrogen-bond donors (Lipinski definition) is 3. The Morgan fingerprint density at radius 2 is 1.33 bits per heavy atom. The molecule has 1 heterocycles. The molecule has 0 aliphatic heterocycles. The fraction of sp³-hybridized carbons (Fsp3) is 0.189. The SMILES string of the molecule is CCOC(=O)Cc1csc(NNc2ccc(N=Nc3ccc(N=Nc4ccc(NC(C)CC)c5ccccc45)c4ccccc34)cc2)n1. The molecular weight excluding hydrogens is 621 g/mol. The van der Waals surface area contributed by atoms with Crippen LogP contribution in [-0.4, -0.2) is 23.6 Å². The van der Waals surface area contributed by atoms with Crippen molar-refractivity contribution >= 4 is 78.1 Å². The highest BCUT2D eigenvalue weighted by Gasteiger charge is 2.10. The van der Waals surface area contributed by atoms with E-state index in [4.69, 9.17) is 9.85 Å². The molecule has 0 saturated carbocycles. The number of thiazole rings is 1. The molecule has 6 rings (SSSR count). The first-order valence-corrected chi connectivity index (χ1v) is 16.7. The maximum Gasteiger partial charge on any atom is 0.311 e. The molecule has 0 radical (unpaired) electrons. The average Bonchev–Trinajstić information content (AvgIpc) is 3.57. The lowest BCUT2D eigenvalue weighted by Crippen LogP contribution is -2.13. The van der Waals surface area contributed by atoms with Gasteiger partial charge in [0.2, 0.25) is 5.13 Å². The number of nitrogens with zero attached hydrogens (tertiary/aromatic N) is 5. The lowest BCUT2D eigenvalue weighted by Gasteiger charge is -2.15. The van der Waals surface area contributed by atoms with E-state index in [1.807, 2.05) is 84.2 Å². The third-order valence-corrected chi connectivity index (χ3v) is 8.50. The number of carbonyl (C=O) groups excluding carboxylic acids is 1. The first kappa shape index (κ1) is 32.3. The van der Waals surface area contributed by atoms with Crippen molar-refractivity contribution in [2.75, 3.05) is 22.8 Å². The minimum Gasteiger partial charge on any atom is -0.466 e. The zero-order valence-electron chi connectivity index (χ0n) is 27.0. The monoisotopic (exact) mass is 656 g/mol. The number of hydrazine groups is 1. The Morgan fingerprint density at radius 3 is 1.96 bits per heavy atom. The van der Waals surface area contributed by atoms with Crippen molar-refractivity contribution in [3.63, 3.8) is 0 Å². The predicted octanol–water partition coefficient (Wildman–Crippen LogP) is 11.0. The maximum atomic E-state index is 11.7. The summed E-state index contributed by atoms with van der Waals surface area (Å²) in [5.41, 5.74) is 11.8. The lowest BCUT2D eigenvalue weighted by molar-refractivity contribution is -0.142. The van der Waals surface area contributed by atoms with Crippen molar-refractivity contribution in [1.29, 1.82) is 0 Å². The first-order valence-electron chi connectivity index (χ1n) is 15.9. The number of ether oxygens (including phenoxy) is 1. The quantitative estimate of drug-likeness (QED) is 0.0645. The van der Waals surface area contributed by atoms with Crippen LogP contribution in [0.25, 0.3) is 21.5 Å². The van der Waals surface area contributed by atoms with Crippen LogP contribution in [0, 0.1) is 0 Å². The summed E-state index contributed by atoms with van der Waals surface area (Å²) in [6.07, 6.45) is 1.19. The van der Waals surface area contributed by atoms with Crippen LogP contribution in [0.2, 0.25) is 0 Å². The van der Waals surface area contributed by atoms with Gasteiger partial charge in [-0.15, -0.1) is 26.7 Å². The molecule has 0 amide bonds. The van der Waals surface area contributed by atoms with Crippen molar-refractivity contribution in [1.82, 2.24) is 4.98 Å². The third kappa shape index (κ3) is 7.81. The van der Waals surface area contributed by atoms with Gasteiger partial charge in [0.25, 0.3) is 0 Å². The van der Waals surface area contributed by atoms with Crippen LogP contribution in [0.1, 0.15) is 32.9 Å². The molecule has 0 spiro atoms. The molecule has 1 aromatic heterocycles. The molecule has 5 aromatic carbocycles. The Morgan fingerprint density at radius 1 is 0.750 bits per heavy atom. The van der Waals surface area contributed by atoms with Crippen LogP contribution in [0.15, 0.2) is 123 Å². The molecule has 48 heavy (non-hydrogen) atoms. The van der Waals surface area contributed by atoms with Crippen LogP contribution in [0.3, 0.4) is 0 Å². The fourth-order valence-electron chi connectivity index (χ4n) is 5.07. The number of rotatable bonds is 13. The van der Waals surface area contributed by atoms with Crippen LogP contribution in [0.5, 0.6) is 0 Å². The number of carbonyl (C=O) groups is 1. The highest BCUT2D eigenvalue weighted by molar-refractivity contribution is 7.13. The number of fused-ring (bicyclic) bond motifs is 2. The summed E-state index contributed by atoms with van der Waals surface area (Å²) in [5.74, 6) is -0.290. The van der Waals surface area contributed by atoms with Gasteiger partial charge in [-0.05, 0) is 68.8 Å². The molecule has 0 fully saturated rings. The van der Waals surface area contributed by atoms with E-state index in [9.17, 15) is 4.79 Å². The first-order chi connectivity index (χ1) is 23.5. The molecule has 0 aliphatic carbocycles. The molecule has 10 nitrogen and oxygen atoms in total. The second kappa shape index (κ2) is 15.3. The number of anilines is 3. The summed E-state index contributed by atoms with van der Waals surface area (Å²) in [6.45, 7) is 6.49. The number of aromatic nitrogens is 1. The van der Waals surface area contributed by atoms with Crippen LogP contribution >= 0.6 is 11.3 Å². The molecule has 11 heteroatoms. The van der Waals surface area contributed by atoms with Crippen molar-refractivity contribution < 1.29 is 9.53 Å². The third-order valence-electron chi connectivity index (χ3n) is 7.70. The van der Waals surface area contributed by atoms with E-state index in [2.05, 4.69) is 68.5 Å². The van der Waals surface area contributed by atoms with Crippen LogP contribution in [0.4, 0.5) is 39.3 Å². The summed E-state index contributed by atoms with van der Waals surface area (Å²) in [6, 6.07) is 32.1. The molecule has 242 valence electrons. The summed E-state index contributed by atoms with van der Waals surface area (Å²) in [5, 5.41) is 28.6. The molecule has 0 aliphatic rings. The second-order valence-corrected chi connectivity index (χ2v) is 12.0. The fourth-order valence-corrected chi connectivity index (χ4v) is 5.73. The smallest absolute Gasteiger partial charge is 0.311 e. The van der Waals surface area contributed by atoms with Gasteiger partial charge < -0.3 is 10.1 Å². The van der Waals surface area contributed by atoms with E-state index in [-0.39, 0.29) is 12.4 Å².